The van der Waals surface area contributed by atoms with Crippen LogP contribution < -0.4 is 0 Å². The fraction of sp³-hybridized carbons (Fsp3) is 0.474. The second kappa shape index (κ2) is 8.70. The van der Waals surface area contributed by atoms with Gasteiger partial charge in [-0.25, -0.2) is 4.79 Å². The van der Waals surface area contributed by atoms with Gasteiger partial charge in [0.25, 0.3) is 0 Å². The smallest absolute Gasteiger partial charge is 0.378 e. The molecule has 166 valence electrons. The average Bonchev–Trinajstić information content (AvgIpc) is 3.45. The molecule has 1 aromatic heterocycles. The summed E-state index contributed by atoms with van der Waals surface area (Å²) in [5, 5.41) is 8.99. The number of fused-ring (bicyclic) bond motifs is 1. The Morgan fingerprint density at radius 3 is 2.78 bits per heavy atom. The molecule has 10 nitrogen and oxygen atoms in total. The zero-order chi connectivity index (χ0) is 23.0. The van der Waals surface area contributed by atoms with Crippen LogP contribution in [0.5, 0.6) is 0 Å². The van der Waals surface area contributed by atoms with Gasteiger partial charge in [-0.15, -0.1) is 11.3 Å². The third-order valence-corrected chi connectivity index (χ3v) is 8.66. The van der Waals surface area contributed by atoms with Crippen molar-refractivity contribution in [3.05, 3.63) is 33.7 Å². The normalized spacial score (nSPS) is 28.5. The van der Waals surface area contributed by atoms with Crippen LogP contribution in [-0.4, -0.2) is 64.2 Å². The van der Waals surface area contributed by atoms with E-state index >= 15 is 0 Å². The van der Waals surface area contributed by atoms with Gasteiger partial charge >= 0.3 is 20.0 Å². The molecule has 4 atom stereocenters. The number of esters is 1. The van der Waals surface area contributed by atoms with Gasteiger partial charge in [-0.1, -0.05) is 6.07 Å². The van der Waals surface area contributed by atoms with Gasteiger partial charge in [-0.2, -0.15) is 10.2 Å². The second-order valence-electron chi connectivity index (χ2n) is 7.51. The molecule has 1 aromatic rings. The highest BCUT2D eigenvalue weighted by Crippen LogP contribution is 2.50. The monoisotopic (exact) mass is 475 g/mol. The van der Waals surface area contributed by atoms with E-state index in [1.165, 1.54) is 18.3 Å². The molecule has 4 rings (SSSR count). The first kappa shape index (κ1) is 22.5. The Labute approximate surface area is 190 Å². The molecule has 1 spiro atoms. The highest BCUT2D eigenvalue weighted by Gasteiger charge is 2.65. The Bertz CT molecular complexity index is 1070. The van der Waals surface area contributed by atoms with E-state index in [1.54, 1.807) is 0 Å². The van der Waals surface area contributed by atoms with Crippen LogP contribution in [0.2, 0.25) is 0 Å². The molecule has 0 bridgehead atoms. The van der Waals surface area contributed by atoms with Crippen LogP contribution in [0.4, 0.5) is 0 Å². The summed E-state index contributed by atoms with van der Waals surface area (Å²) in [6.45, 7) is 0.989. The Kier molecular flexibility index (Phi) is 6.12. The van der Waals surface area contributed by atoms with Gasteiger partial charge in [-0.3, -0.25) is 23.5 Å². The van der Waals surface area contributed by atoms with Gasteiger partial charge in [0.05, 0.1) is 23.3 Å². The predicted molar refractivity (Wildman–Crippen MR) is 112 cm³/mol. The summed E-state index contributed by atoms with van der Waals surface area (Å²) in [7, 11) is 3.24. The first-order valence-corrected chi connectivity index (χ1v) is 11.8. The third-order valence-electron chi connectivity index (χ3n) is 5.61. The minimum Gasteiger partial charge on any atom is -0.539 e. The fourth-order valence-electron chi connectivity index (χ4n) is 4.17. The number of carbonyl (C=O) groups is 4. The summed E-state index contributed by atoms with van der Waals surface area (Å²) in [5.41, 5.74) is -0.207. The largest absolute Gasteiger partial charge is 0.539 e. The van der Waals surface area contributed by atoms with Crippen LogP contribution in [0, 0.1) is 5.92 Å². The summed E-state index contributed by atoms with van der Waals surface area (Å²) < 4.78 is 23.1. The van der Waals surface area contributed by atoms with E-state index in [4.69, 9.17) is 12.8 Å². The van der Waals surface area contributed by atoms with Crippen molar-refractivity contribution in [1.82, 2.24) is 4.90 Å². The number of ketones is 1. The highest BCUT2D eigenvalue weighted by molar-refractivity contribution is 7.87. The topological polar surface area (TPSA) is 132 Å². The lowest BCUT2D eigenvalue weighted by atomic mass is 9.88. The number of β-lactam (4-membered cyclic amide) rings is 1. The van der Waals surface area contributed by atoms with E-state index in [-0.39, 0.29) is 42.9 Å². The Morgan fingerprint density at radius 1 is 1.41 bits per heavy atom. The summed E-state index contributed by atoms with van der Waals surface area (Å²) in [4.78, 5) is 50.0. The molecule has 0 N–H and O–H groups in total. The molecule has 0 saturated carbocycles. The Hall–Kier alpha value is -2.67. The van der Waals surface area contributed by atoms with Gasteiger partial charge in [0, 0.05) is 36.6 Å². The van der Waals surface area contributed by atoms with Gasteiger partial charge in [-0.05, 0) is 11.4 Å². The van der Waals surface area contributed by atoms with Gasteiger partial charge in [0.15, 0.2) is 4.87 Å². The molecule has 3 aliphatic rings. The van der Waals surface area contributed by atoms with Crippen molar-refractivity contribution >= 4 is 53.8 Å². The van der Waals surface area contributed by atoms with E-state index in [1.807, 2.05) is 17.5 Å². The molecule has 0 aliphatic carbocycles. The quantitative estimate of drug-likeness (QED) is 0.324. The van der Waals surface area contributed by atoms with Crippen molar-refractivity contribution in [3.8, 4) is 0 Å². The average molecular weight is 475 g/mol. The molecule has 4 heterocycles. The first-order valence-electron chi connectivity index (χ1n) is 9.74. The molecular weight excluding hydrogens is 457 g/mol. The third kappa shape index (κ3) is 3.62. The number of Topliss-reactive ketones (excluding diaryl/α,β-unsaturated/α-hetero) is 1. The minimum absolute atomic E-state index is 0.0516. The van der Waals surface area contributed by atoms with Crippen molar-refractivity contribution in [2.75, 3.05) is 13.2 Å². The van der Waals surface area contributed by atoms with Crippen molar-refractivity contribution in [2.45, 2.75) is 36.4 Å². The standard InChI is InChI=1S/C19H18BN3O7S2/c1-10(24)29-9-14-15(18(27)30-20)23-16(26)13(8-11(25)7-12-3-2-6-31-12)17(23)32(28)19(14)4-5-21-22-19/h2-3,6,13,17H,4-5,7-9H2,1H3/t13-,17?,19?,32?/m1/s1. The highest BCUT2D eigenvalue weighted by atomic mass is 32.2. The van der Waals surface area contributed by atoms with Gasteiger partial charge in [0.1, 0.15) is 23.5 Å². The molecule has 3 unspecified atom stereocenters. The number of hydrogen-bond acceptors (Lipinski definition) is 10. The molecule has 3 aliphatic heterocycles. The molecule has 32 heavy (non-hydrogen) atoms. The predicted octanol–water partition coefficient (Wildman–Crippen LogP) is 0.793. The van der Waals surface area contributed by atoms with E-state index in [0.29, 0.717) is 0 Å². The first-order chi connectivity index (χ1) is 15.3. The number of amides is 1. The van der Waals surface area contributed by atoms with E-state index < -0.39 is 51.4 Å². The number of nitrogens with zero attached hydrogens (tertiary/aromatic N) is 3. The molecule has 0 aromatic carbocycles. The Balaban J connectivity index is 1.70. The number of ether oxygens (including phenoxy) is 1. The molecule has 2 radical (unpaired) electrons. The maximum atomic E-state index is 13.7. The van der Waals surface area contributed by atoms with E-state index in [2.05, 4.69) is 14.9 Å². The lowest BCUT2D eigenvalue weighted by molar-refractivity contribution is -0.154. The summed E-state index contributed by atoms with van der Waals surface area (Å²) >= 11 is 1.43. The number of thiophene rings is 1. The van der Waals surface area contributed by atoms with Crippen molar-refractivity contribution in [3.63, 3.8) is 0 Å². The molecular formula is C19H18BN3O7S2. The van der Waals surface area contributed by atoms with Gasteiger partial charge in [0.2, 0.25) is 5.91 Å². The summed E-state index contributed by atoms with van der Waals surface area (Å²) in [5.74, 6) is -3.29. The van der Waals surface area contributed by atoms with Crippen LogP contribution in [0.1, 0.15) is 24.6 Å². The fourth-order valence-corrected chi connectivity index (χ4v) is 7.04. The molecule has 1 saturated heterocycles. The van der Waals surface area contributed by atoms with E-state index in [9.17, 15) is 23.4 Å². The zero-order valence-corrected chi connectivity index (χ0v) is 18.6. The van der Waals surface area contributed by atoms with Crippen LogP contribution in [0.25, 0.3) is 0 Å². The number of hydrogen-bond donors (Lipinski definition) is 0. The lowest BCUT2D eigenvalue weighted by Crippen LogP contribution is -2.69. The minimum atomic E-state index is -1.85. The van der Waals surface area contributed by atoms with Crippen molar-refractivity contribution in [1.29, 1.82) is 0 Å². The lowest BCUT2D eigenvalue weighted by Gasteiger charge is -2.52. The Morgan fingerprint density at radius 2 is 2.19 bits per heavy atom. The van der Waals surface area contributed by atoms with Crippen LogP contribution >= 0.6 is 11.3 Å². The van der Waals surface area contributed by atoms with Gasteiger partial charge < -0.3 is 9.39 Å². The van der Waals surface area contributed by atoms with Crippen LogP contribution in [0.3, 0.4) is 0 Å². The molecule has 1 fully saturated rings. The van der Waals surface area contributed by atoms with Crippen LogP contribution in [-0.2, 0) is 45.8 Å². The summed E-state index contributed by atoms with van der Waals surface area (Å²) in [6, 6.07) is 3.65. The van der Waals surface area contributed by atoms with Crippen molar-refractivity contribution in [2.24, 2.45) is 16.1 Å². The number of azo groups is 1. The van der Waals surface area contributed by atoms with Crippen molar-refractivity contribution < 1.29 is 32.8 Å². The van der Waals surface area contributed by atoms with E-state index in [0.717, 1.165) is 9.78 Å². The zero-order valence-electron chi connectivity index (χ0n) is 17.0. The molecule has 13 heteroatoms. The summed E-state index contributed by atoms with van der Waals surface area (Å²) in [6.07, 6.45) is 0.226. The second-order valence-corrected chi connectivity index (χ2v) is 10.3. The van der Waals surface area contributed by atoms with Crippen LogP contribution in [0.15, 0.2) is 39.0 Å². The molecule has 1 amide bonds. The number of carbonyl (C=O) groups excluding carboxylic acids is 4. The number of rotatable bonds is 7. The maximum Gasteiger partial charge on any atom is 0.378 e. The maximum absolute atomic E-state index is 13.7. The SMILES string of the molecule is [B]OC(=O)C1=C(COC(C)=O)C2(CCN=N2)S(=O)C2[C@H](CC(=O)Cc3cccs3)C(=O)N12.